The number of alkyl halides is 1. The summed E-state index contributed by atoms with van der Waals surface area (Å²) in [5.74, 6) is -1.22. The molecule has 0 radical (unpaired) electrons. The number of rotatable bonds is 10. The van der Waals surface area contributed by atoms with Crippen LogP contribution >= 0.6 is 27.7 Å². The van der Waals surface area contributed by atoms with Gasteiger partial charge in [-0.25, -0.2) is 23.5 Å². The van der Waals surface area contributed by atoms with Gasteiger partial charge in [0.25, 0.3) is 10.1 Å². The molecule has 0 unspecified atom stereocenters. The fourth-order valence-corrected chi connectivity index (χ4v) is 8.98. The van der Waals surface area contributed by atoms with Gasteiger partial charge in [0.1, 0.15) is 30.4 Å². The van der Waals surface area contributed by atoms with E-state index in [1.807, 2.05) is 0 Å². The van der Waals surface area contributed by atoms with E-state index >= 15 is 8.78 Å². The minimum Gasteiger partial charge on any atom is -0.443 e. The third-order valence-electron chi connectivity index (χ3n) is 7.83. The lowest BCUT2D eigenvalue weighted by Crippen LogP contribution is -2.47. The Bertz CT molecular complexity index is 1600. The summed E-state index contributed by atoms with van der Waals surface area (Å²) >= 11 is 4.58. The maximum absolute atomic E-state index is 15.6. The number of fused-ring (bicyclic) bond motifs is 1. The van der Waals surface area contributed by atoms with Crippen molar-refractivity contribution in [2.45, 2.75) is 87.0 Å². The lowest BCUT2D eigenvalue weighted by Gasteiger charge is -2.39. The summed E-state index contributed by atoms with van der Waals surface area (Å²) < 4.78 is 77.2. The summed E-state index contributed by atoms with van der Waals surface area (Å²) in [4.78, 5) is 19.4. The molecule has 1 aliphatic heterocycles. The van der Waals surface area contributed by atoms with E-state index in [2.05, 4.69) is 35.6 Å². The van der Waals surface area contributed by atoms with Crippen molar-refractivity contribution in [3.63, 3.8) is 0 Å². The van der Waals surface area contributed by atoms with E-state index in [1.54, 1.807) is 39.8 Å². The molecule has 8 nitrogen and oxygen atoms in total. The van der Waals surface area contributed by atoms with Gasteiger partial charge in [0.15, 0.2) is 5.17 Å². The number of hydrogen-bond acceptors (Lipinski definition) is 7. The quantitative estimate of drug-likeness (QED) is 0.114. The van der Waals surface area contributed by atoms with Crippen molar-refractivity contribution in [3.8, 4) is 0 Å². The molecular formula is C31H41BrF2N2O6S2Si. The highest BCUT2D eigenvalue weighted by atomic mass is 79.9. The third-order valence-corrected chi connectivity index (χ3v) is 12.5. The summed E-state index contributed by atoms with van der Waals surface area (Å²) in [6.07, 6.45) is -0.320. The van der Waals surface area contributed by atoms with Crippen LogP contribution in [0.25, 0.3) is 0 Å². The Morgan fingerprint density at radius 1 is 1.22 bits per heavy atom. The van der Waals surface area contributed by atoms with Gasteiger partial charge >= 0.3 is 6.09 Å². The molecule has 4 rings (SSSR count). The van der Waals surface area contributed by atoms with E-state index in [0.29, 0.717) is 23.1 Å². The molecule has 1 amide bonds. The number of carbonyl (C=O) groups excluding carboxylic acids is 1. The smallest absolute Gasteiger partial charge is 0.418 e. The Kier molecular flexibility index (Phi) is 10.4. The molecule has 1 heterocycles. The summed E-state index contributed by atoms with van der Waals surface area (Å²) in [7, 11) is -6.04. The number of benzene rings is 2. The zero-order valence-corrected chi connectivity index (χ0v) is 30.8. The molecule has 0 saturated heterocycles. The molecule has 0 bridgehead atoms. The van der Waals surface area contributed by atoms with E-state index < -0.39 is 58.6 Å². The van der Waals surface area contributed by atoms with Gasteiger partial charge in [-0.1, -0.05) is 65.0 Å². The summed E-state index contributed by atoms with van der Waals surface area (Å²) in [5, 5.41) is 0.0871. The number of nitrogens with zero attached hydrogens (tertiary/aromatic N) is 2. The topological polar surface area (TPSA) is 106 Å². The van der Waals surface area contributed by atoms with Crippen LogP contribution in [-0.4, -0.2) is 67.6 Å². The Morgan fingerprint density at radius 3 is 2.51 bits per heavy atom. The summed E-state index contributed by atoms with van der Waals surface area (Å²) in [6, 6.07) is 9.67. The first kappa shape index (κ1) is 36.0. The fraction of sp³-hybridized carbons (Fsp3) is 0.548. The highest BCUT2D eigenvalue weighted by molar-refractivity contribution is 9.10. The van der Waals surface area contributed by atoms with Crippen molar-refractivity contribution in [1.29, 1.82) is 0 Å². The van der Waals surface area contributed by atoms with Gasteiger partial charge in [-0.05, 0) is 76.4 Å². The first-order valence-corrected chi connectivity index (χ1v) is 21.4. The Balaban J connectivity index is 1.86. The molecule has 0 spiro atoms. The van der Waals surface area contributed by atoms with E-state index in [4.69, 9.17) is 14.5 Å². The maximum atomic E-state index is 15.6. The summed E-state index contributed by atoms with van der Waals surface area (Å²) in [5.41, 5.74) is -1.47. The predicted molar refractivity (Wildman–Crippen MR) is 179 cm³/mol. The van der Waals surface area contributed by atoms with Gasteiger partial charge in [-0.3, -0.25) is 4.55 Å². The molecule has 2 aliphatic rings. The van der Waals surface area contributed by atoms with Crippen LogP contribution < -0.4 is 0 Å². The van der Waals surface area contributed by atoms with Crippen molar-refractivity contribution < 1.29 is 36.0 Å². The van der Waals surface area contributed by atoms with E-state index in [-0.39, 0.29) is 28.8 Å². The number of amidine groups is 1. The standard InChI is InChI=1S/C31H41BrF2N2O6S2Si/c1-20-8-11-25(44(38,39)40)21(14-20)16-30-17-26(30)31(18-33,23-15-22(32)9-10-24(23)34)35-27(43-30)36(28(37)42-29(2,3)4)19-41-12-13-45(5,6)7/h8-11,14-15,26H,12-13,16-19H2,1-7H3,(H,38,39,40)/t26-,30-,31-/m1/s1. The zero-order chi connectivity index (χ0) is 33.6. The number of ether oxygens (including phenoxy) is 2. The first-order chi connectivity index (χ1) is 20.7. The molecule has 2 aromatic carbocycles. The molecule has 3 atom stereocenters. The van der Waals surface area contributed by atoms with Crippen LogP contribution in [0.3, 0.4) is 0 Å². The van der Waals surface area contributed by atoms with Crippen molar-refractivity contribution in [2.75, 3.05) is 20.0 Å². The van der Waals surface area contributed by atoms with Crippen LogP contribution in [0, 0.1) is 18.7 Å². The third kappa shape index (κ3) is 8.36. The summed E-state index contributed by atoms with van der Waals surface area (Å²) in [6.45, 7) is 12.7. The first-order valence-electron chi connectivity index (χ1n) is 14.7. The van der Waals surface area contributed by atoms with Gasteiger partial charge in [-0.15, -0.1) is 0 Å². The van der Waals surface area contributed by atoms with Gasteiger partial charge in [0, 0.05) is 35.4 Å². The highest BCUT2D eigenvalue weighted by Gasteiger charge is 2.69. The second-order valence-corrected chi connectivity index (χ2v) is 23.3. The number of aliphatic imine (C=N–C) groups is 1. The normalized spacial score (nSPS) is 23.3. The molecule has 248 valence electrons. The second-order valence-electron chi connectivity index (χ2n) is 14.0. The SMILES string of the molecule is Cc1ccc(S(=O)(=O)O)c(C[C@@]23C[C@H]2[C@@](CF)(c2cc(Br)ccc2F)N=C(N(COCC[Si](C)(C)C)C(=O)OC(C)(C)C)S3)c1. The number of hydrogen-bond donors (Lipinski definition) is 1. The van der Waals surface area contributed by atoms with Crippen LogP contribution in [0.2, 0.25) is 25.7 Å². The van der Waals surface area contributed by atoms with E-state index in [1.165, 1.54) is 40.9 Å². The largest absolute Gasteiger partial charge is 0.443 e. The van der Waals surface area contributed by atoms with Gasteiger partial charge < -0.3 is 9.47 Å². The monoisotopic (exact) mass is 746 g/mol. The zero-order valence-electron chi connectivity index (χ0n) is 26.6. The molecule has 0 aromatic heterocycles. The van der Waals surface area contributed by atoms with Gasteiger partial charge in [-0.2, -0.15) is 8.42 Å². The molecular weight excluding hydrogens is 706 g/mol. The number of halogens is 3. The predicted octanol–water partition coefficient (Wildman–Crippen LogP) is 7.96. The van der Waals surface area contributed by atoms with Crippen molar-refractivity contribution in [2.24, 2.45) is 10.9 Å². The molecule has 1 fully saturated rings. The average Bonchev–Trinajstić information content (AvgIpc) is 3.61. The molecule has 1 aliphatic carbocycles. The van der Waals surface area contributed by atoms with Crippen molar-refractivity contribution >= 4 is 57.1 Å². The molecule has 14 heteroatoms. The number of thioether (sulfide) groups is 1. The molecule has 45 heavy (non-hydrogen) atoms. The Hall–Kier alpha value is -1.84. The minimum absolute atomic E-state index is 0.0204. The van der Waals surface area contributed by atoms with Crippen molar-refractivity contribution in [1.82, 2.24) is 4.90 Å². The van der Waals surface area contributed by atoms with Crippen LogP contribution in [0.4, 0.5) is 13.6 Å². The lowest BCUT2D eigenvalue weighted by atomic mass is 9.84. The lowest BCUT2D eigenvalue weighted by molar-refractivity contribution is 0.0109. The Morgan fingerprint density at radius 2 is 1.91 bits per heavy atom. The molecule has 1 saturated carbocycles. The van der Waals surface area contributed by atoms with Crippen LogP contribution in [0.1, 0.15) is 43.9 Å². The van der Waals surface area contributed by atoms with Crippen molar-refractivity contribution in [3.05, 3.63) is 63.4 Å². The van der Waals surface area contributed by atoms with Crippen LogP contribution in [0.5, 0.6) is 0 Å². The van der Waals surface area contributed by atoms with Gasteiger partial charge in [0.05, 0.1) is 4.90 Å². The van der Waals surface area contributed by atoms with Gasteiger partial charge in [0.2, 0.25) is 0 Å². The second kappa shape index (κ2) is 13.0. The fourth-order valence-electron chi connectivity index (χ4n) is 5.53. The van der Waals surface area contributed by atoms with Crippen LogP contribution in [0.15, 0.2) is 50.8 Å². The van der Waals surface area contributed by atoms with E-state index in [0.717, 1.165) is 11.6 Å². The maximum Gasteiger partial charge on any atom is 0.418 e. The molecule has 2 aromatic rings. The number of amides is 1. The number of aryl methyl sites for hydroxylation is 1. The highest BCUT2D eigenvalue weighted by Crippen LogP contribution is 2.68. The van der Waals surface area contributed by atoms with E-state index in [9.17, 15) is 17.8 Å². The minimum atomic E-state index is -4.58. The average molecular weight is 748 g/mol. The van der Waals surface area contributed by atoms with Crippen LogP contribution in [-0.2, 0) is 31.6 Å². The molecule has 1 N–H and O–H groups in total. The number of carbonyl (C=O) groups is 1. The Labute approximate surface area is 278 Å².